The Balaban J connectivity index is 1.07. The van der Waals surface area contributed by atoms with E-state index in [9.17, 15) is 18.8 Å². The number of amides is 2. The first kappa shape index (κ1) is 28.9. The van der Waals surface area contributed by atoms with E-state index in [0.29, 0.717) is 68.5 Å². The Kier molecular flexibility index (Phi) is 8.91. The maximum absolute atomic E-state index is 13.9. The summed E-state index contributed by atoms with van der Waals surface area (Å²) >= 11 is 0. The van der Waals surface area contributed by atoms with Crippen molar-refractivity contribution < 1.29 is 23.5 Å². The topological polar surface area (TPSA) is 112 Å². The van der Waals surface area contributed by atoms with Crippen LogP contribution in [0.1, 0.15) is 80.9 Å². The van der Waals surface area contributed by atoms with E-state index in [1.165, 1.54) is 18.3 Å². The summed E-state index contributed by atoms with van der Waals surface area (Å²) in [5.74, 6) is -0.647. The van der Waals surface area contributed by atoms with Crippen LogP contribution in [0.5, 0.6) is 5.75 Å². The van der Waals surface area contributed by atoms with Crippen LogP contribution in [0, 0.1) is 30.0 Å². The van der Waals surface area contributed by atoms with Crippen LogP contribution in [0.25, 0.3) is 0 Å². The van der Waals surface area contributed by atoms with E-state index in [4.69, 9.17) is 10.00 Å². The Bertz CT molecular complexity index is 1480. The van der Waals surface area contributed by atoms with E-state index < -0.39 is 5.82 Å². The lowest BCUT2D eigenvalue weighted by Crippen LogP contribution is -2.40. The molecule has 0 spiro atoms. The molecule has 1 saturated carbocycles. The van der Waals surface area contributed by atoms with Gasteiger partial charge in [0.25, 0.3) is 11.8 Å². The van der Waals surface area contributed by atoms with E-state index in [1.54, 1.807) is 29.2 Å². The SMILES string of the molecule is Cc1ccc(C(=O)C2CCN(C(=O)c3ccc(C(=O)N[C@H]4CC[C@@H](Oc5ccc(C#N)c(F)c5)CC4)nc3)CC2)cc1. The molecule has 2 aromatic carbocycles. The Labute approximate surface area is 244 Å². The highest BCUT2D eigenvalue weighted by Gasteiger charge is 2.29. The maximum atomic E-state index is 13.9. The molecule has 2 aliphatic rings. The zero-order valence-corrected chi connectivity index (χ0v) is 23.5. The third kappa shape index (κ3) is 6.82. The van der Waals surface area contributed by atoms with Crippen molar-refractivity contribution in [3.05, 3.63) is 94.6 Å². The third-order valence-electron chi connectivity index (χ3n) is 8.11. The van der Waals surface area contributed by atoms with Gasteiger partial charge in [0.05, 0.1) is 17.2 Å². The third-order valence-corrected chi connectivity index (χ3v) is 8.11. The summed E-state index contributed by atoms with van der Waals surface area (Å²) in [6.45, 7) is 2.98. The molecule has 2 heterocycles. The highest BCUT2D eigenvalue weighted by Crippen LogP contribution is 2.26. The molecular weight excluding hydrogens is 535 g/mol. The second-order valence-corrected chi connectivity index (χ2v) is 11.0. The van der Waals surface area contributed by atoms with Crippen LogP contribution in [-0.4, -0.2) is 52.7 Å². The van der Waals surface area contributed by atoms with E-state index in [2.05, 4.69) is 10.3 Å². The molecule has 1 N–H and O–H groups in total. The zero-order chi connectivity index (χ0) is 29.6. The van der Waals surface area contributed by atoms with Crippen LogP contribution in [0.15, 0.2) is 60.8 Å². The Morgan fingerprint density at radius 2 is 1.64 bits per heavy atom. The maximum Gasteiger partial charge on any atom is 0.270 e. The van der Waals surface area contributed by atoms with Crippen LogP contribution in [0.3, 0.4) is 0 Å². The molecule has 0 bridgehead atoms. The lowest BCUT2D eigenvalue weighted by atomic mass is 9.88. The minimum Gasteiger partial charge on any atom is -0.490 e. The van der Waals surface area contributed by atoms with Crippen LogP contribution >= 0.6 is 0 Å². The van der Waals surface area contributed by atoms with Crippen molar-refractivity contribution in [1.29, 1.82) is 5.26 Å². The van der Waals surface area contributed by atoms with Gasteiger partial charge in [-0.2, -0.15) is 5.26 Å². The minimum absolute atomic E-state index is 0.0216. The van der Waals surface area contributed by atoms with Crippen LogP contribution < -0.4 is 10.1 Å². The summed E-state index contributed by atoms with van der Waals surface area (Å²) in [4.78, 5) is 44.7. The number of halogens is 1. The first-order valence-electron chi connectivity index (χ1n) is 14.3. The largest absolute Gasteiger partial charge is 0.490 e. The number of nitrogens with one attached hydrogen (secondary N) is 1. The number of nitriles is 1. The van der Waals surface area contributed by atoms with Gasteiger partial charge in [-0.05, 0) is 69.7 Å². The predicted octanol–water partition coefficient (Wildman–Crippen LogP) is 5.26. The summed E-state index contributed by atoms with van der Waals surface area (Å²) in [7, 11) is 0. The Morgan fingerprint density at radius 3 is 2.26 bits per heavy atom. The van der Waals surface area contributed by atoms with Crippen LogP contribution in [0.4, 0.5) is 4.39 Å². The van der Waals surface area contributed by atoms with Gasteiger partial charge in [0, 0.05) is 42.9 Å². The van der Waals surface area contributed by atoms with Gasteiger partial charge in [0.2, 0.25) is 0 Å². The molecule has 1 aliphatic heterocycles. The number of likely N-dealkylation sites (tertiary alicyclic amines) is 1. The number of aryl methyl sites for hydroxylation is 1. The number of pyridine rings is 1. The standard InChI is InChI=1S/C33H33FN4O4/c1-21-2-4-22(5-3-21)31(39)23-14-16-38(17-15-23)33(41)25-7-13-30(36-20-25)32(40)37-26-8-11-27(12-9-26)42-28-10-6-24(19-35)29(34)18-28/h2-7,10,13,18,20,23,26-27H,8-9,11-12,14-17H2,1H3,(H,37,40)/t26-,27+. The van der Waals surface area contributed by atoms with Crippen molar-refractivity contribution >= 4 is 17.6 Å². The van der Waals surface area contributed by atoms with Gasteiger partial charge in [0.15, 0.2) is 5.78 Å². The zero-order valence-electron chi connectivity index (χ0n) is 23.5. The first-order valence-corrected chi connectivity index (χ1v) is 14.3. The number of ether oxygens (including phenoxy) is 1. The molecule has 1 aromatic heterocycles. The lowest BCUT2D eigenvalue weighted by molar-refractivity contribution is 0.0649. The molecule has 216 valence electrons. The molecule has 2 amide bonds. The molecule has 1 aliphatic carbocycles. The lowest BCUT2D eigenvalue weighted by Gasteiger charge is -2.31. The number of aromatic nitrogens is 1. The number of benzene rings is 2. The number of carbonyl (C=O) groups is 3. The highest BCUT2D eigenvalue weighted by molar-refractivity contribution is 5.99. The normalized spacial score (nSPS) is 19.0. The smallest absolute Gasteiger partial charge is 0.270 e. The van der Waals surface area contributed by atoms with Gasteiger partial charge in [-0.3, -0.25) is 19.4 Å². The fourth-order valence-corrected chi connectivity index (χ4v) is 5.57. The van der Waals surface area contributed by atoms with Crippen LogP contribution in [0.2, 0.25) is 0 Å². The van der Waals surface area contributed by atoms with Gasteiger partial charge >= 0.3 is 0 Å². The molecule has 0 atom stereocenters. The summed E-state index contributed by atoms with van der Waals surface area (Å²) in [5, 5.41) is 11.9. The molecule has 0 unspecified atom stereocenters. The van der Waals surface area contributed by atoms with Crippen molar-refractivity contribution in [3.63, 3.8) is 0 Å². The first-order chi connectivity index (χ1) is 20.3. The molecule has 5 rings (SSSR count). The van der Waals surface area contributed by atoms with Gasteiger partial charge in [0.1, 0.15) is 23.3 Å². The van der Waals surface area contributed by atoms with Crippen molar-refractivity contribution in [2.45, 2.75) is 57.6 Å². The molecule has 0 radical (unpaired) electrons. The average Bonchev–Trinajstić information content (AvgIpc) is 3.02. The summed E-state index contributed by atoms with van der Waals surface area (Å²) in [6.07, 6.45) is 5.36. The van der Waals surface area contributed by atoms with Crippen molar-refractivity contribution in [3.8, 4) is 11.8 Å². The second kappa shape index (κ2) is 12.9. The summed E-state index contributed by atoms with van der Waals surface area (Å²) < 4.78 is 19.7. The number of piperidine rings is 1. The number of rotatable bonds is 7. The average molecular weight is 569 g/mol. The fourth-order valence-electron chi connectivity index (χ4n) is 5.57. The Morgan fingerprint density at radius 1 is 0.952 bits per heavy atom. The number of Topliss-reactive ketones (excluding diaryl/α,β-unsaturated/α-hetero) is 1. The number of ketones is 1. The van der Waals surface area contributed by atoms with Gasteiger partial charge < -0.3 is 15.0 Å². The van der Waals surface area contributed by atoms with E-state index in [0.717, 1.165) is 5.56 Å². The highest BCUT2D eigenvalue weighted by atomic mass is 19.1. The van der Waals surface area contributed by atoms with Gasteiger partial charge in [-0.1, -0.05) is 29.8 Å². The van der Waals surface area contributed by atoms with E-state index >= 15 is 0 Å². The Hall–Kier alpha value is -4.58. The van der Waals surface area contributed by atoms with Gasteiger partial charge in [-0.25, -0.2) is 4.39 Å². The number of carbonyl (C=O) groups excluding carboxylic acids is 3. The molecule has 2 fully saturated rings. The number of nitrogens with zero attached hydrogens (tertiary/aromatic N) is 3. The molecule has 9 heteroatoms. The van der Waals surface area contributed by atoms with Gasteiger partial charge in [-0.15, -0.1) is 0 Å². The number of hydrogen-bond donors (Lipinski definition) is 1. The van der Waals surface area contributed by atoms with E-state index in [-0.39, 0.29) is 46.9 Å². The molecule has 1 saturated heterocycles. The quantitative estimate of drug-likeness (QED) is 0.390. The minimum atomic E-state index is -0.605. The summed E-state index contributed by atoms with van der Waals surface area (Å²) in [6, 6.07) is 16.7. The monoisotopic (exact) mass is 568 g/mol. The molecular formula is C33H33FN4O4. The fraction of sp³-hybridized carbons (Fsp3) is 0.364. The predicted molar refractivity (Wildman–Crippen MR) is 154 cm³/mol. The van der Waals surface area contributed by atoms with Crippen molar-refractivity contribution in [1.82, 2.24) is 15.2 Å². The molecule has 8 nitrogen and oxygen atoms in total. The van der Waals surface area contributed by atoms with Crippen molar-refractivity contribution in [2.24, 2.45) is 5.92 Å². The second-order valence-electron chi connectivity index (χ2n) is 11.0. The van der Waals surface area contributed by atoms with E-state index in [1.807, 2.05) is 31.2 Å². The summed E-state index contributed by atoms with van der Waals surface area (Å²) in [5.41, 5.74) is 2.45. The molecule has 3 aromatic rings. The number of hydrogen-bond acceptors (Lipinski definition) is 6. The van der Waals surface area contributed by atoms with Crippen molar-refractivity contribution in [2.75, 3.05) is 13.1 Å². The van der Waals surface area contributed by atoms with Crippen LogP contribution in [-0.2, 0) is 0 Å². The molecule has 42 heavy (non-hydrogen) atoms.